The molecule has 124 valence electrons. The van der Waals surface area contributed by atoms with Gasteiger partial charge in [-0.3, -0.25) is 4.79 Å². The summed E-state index contributed by atoms with van der Waals surface area (Å²) in [6.45, 7) is 1.92. The molecular formula is C19H19NO4. The molecule has 5 heteroatoms. The van der Waals surface area contributed by atoms with Crippen LogP contribution in [0.15, 0.2) is 48.5 Å². The zero-order valence-electron chi connectivity index (χ0n) is 13.4. The maximum Gasteiger partial charge on any atom is 0.407 e. The third kappa shape index (κ3) is 3.11. The molecule has 2 N–H and O–H groups in total. The standard InChI is InChI=1S/C19H19NO4/c1-12(24-19(23)20-11-10-17(21)22)18-15-8-4-2-6-13(15)14-7-3-5-9-16(14)18/h2-9,12,18H,10-11H2,1H3,(H,20,23)(H,21,22). The molecule has 0 saturated carbocycles. The number of amides is 1. The molecule has 1 atom stereocenters. The maximum atomic E-state index is 11.9. The second kappa shape index (κ2) is 6.74. The number of alkyl carbamates (subject to hydrolysis) is 1. The molecule has 2 aromatic carbocycles. The number of nitrogens with one attached hydrogen (secondary N) is 1. The molecule has 3 rings (SSSR count). The minimum Gasteiger partial charge on any atom is -0.481 e. The predicted molar refractivity (Wildman–Crippen MR) is 89.9 cm³/mol. The van der Waals surface area contributed by atoms with Crippen molar-refractivity contribution in [1.82, 2.24) is 5.32 Å². The van der Waals surface area contributed by atoms with E-state index >= 15 is 0 Å². The molecule has 1 amide bonds. The van der Waals surface area contributed by atoms with Gasteiger partial charge in [0.05, 0.1) is 6.42 Å². The Morgan fingerprint density at radius 1 is 1.08 bits per heavy atom. The van der Waals surface area contributed by atoms with Gasteiger partial charge in [-0.2, -0.15) is 0 Å². The summed E-state index contributed by atoms with van der Waals surface area (Å²) in [5, 5.41) is 11.1. The van der Waals surface area contributed by atoms with Gasteiger partial charge >= 0.3 is 12.1 Å². The van der Waals surface area contributed by atoms with Crippen LogP contribution in [0.1, 0.15) is 30.4 Å². The normalized spacial score (nSPS) is 13.7. The summed E-state index contributed by atoms with van der Waals surface area (Å²) in [7, 11) is 0. The van der Waals surface area contributed by atoms with E-state index in [0.717, 1.165) is 11.1 Å². The van der Waals surface area contributed by atoms with Gasteiger partial charge in [0.1, 0.15) is 6.10 Å². The molecule has 1 aliphatic carbocycles. The Hall–Kier alpha value is -2.82. The van der Waals surface area contributed by atoms with Gasteiger partial charge in [0, 0.05) is 12.5 Å². The molecule has 0 bridgehead atoms. The van der Waals surface area contributed by atoms with Crippen LogP contribution in [0.4, 0.5) is 4.79 Å². The molecule has 0 spiro atoms. The van der Waals surface area contributed by atoms with Crippen LogP contribution in [0.25, 0.3) is 11.1 Å². The summed E-state index contributed by atoms with van der Waals surface area (Å²) in [5.41, 5.74) is 4.62. The summed E-state index contributed by atoms with van der Waals surface area (Å²) in [6.07, 6.45) is -1.08. The lowest BCUT2D eigenvalue weighted by Gasteiger charge is -2.22. The number of carboxylic acid groups (broad SMARTS) is 1. The van der Waals surface area contributed by atoms with Crippen molar-refractivity contribution in [3.05, 3.63) is 59.7 Å². The SMILES string of the molecule is CC(OC(=O)NCCC(=O)O)C1c2ccccc2-c2ccccc21. The smallest absolute Gasteiger partial charge is 0.407 e. The Labute approximate surface area is 140 Å². The lowest BCUT2D eigenvalue weighted by molar-refractivity contribution is -0.136. The molecule has 0 aliphatic heterocycles. The molecule has 0 radical (unpaired) electrons. The number of carboxylic acids is 1. The van der Waals surface area contributed by atoms with E-state index in [1.54, 1.807) is 0 Å². The topological polar surface area (TPSA) is 75.6 Å². The van der Waals surface area contributed by atoms with E-state index in [1.807, 2.05) is 31.2 Å². The highest BCUT2D eigenvalue weighted by atomic mass is 16.6. The van der Waals surface area contributed by atoms with Gasteiger partial charge in [-0.15, -0.1) is 0 Å². The summed E-state index contributed by atoms with van der Waals surface area (Å²) in [4.78, 5) is 22.4. The number of carbonyl (C=O) groups excluding carboxylic acids is 1. The highest BCUT2D eigenvalue weighted by Gasteiger charge is 2.33. The first kappa shape index (κ1) is 16.1. The lowest BCUT2D eigenvalue weighted by Crippen LogP contribution is -2.32. The fourth-order valence-electron chi connectivity index (χ4n) is 3.25. The third-order valence-corrected chi connectivity index (χ3v) is 4.25. The Morgan fingerprint density at radius 3 is 2.17 bits per heavy atom. The van der Waals surface area contributed by atoms with Crippen molar-refractivity contribution in [3.8, 4) is 11.1 Å². The highest BCUT2D eigenvalue weighted by molar-refractivity contribution is 5.79. The van der Waals surface area contributed by atoms with Crippen LogP contribution in [0.5, 0.6) is 0 Å². The molecule has 2 aromatic rings. The summed E-state index contributed by atoms with van der Waals surface area (Å²) >= 11 is 0. The number of benzene rings is 2. The molecule has 0 aromatic heterocycles. The number of hydrogen-bond acceptors (Lipinski definition) is 3. The zero-order valence-corrected chi connectivity index (χ0v) is 13.4. The second-order valence-corrected chi connectivity index (χ2v) is 5.83. The summed E-state index contributed by atoms with van der Waals surface area (Å²) < 4.78 is 5.49. The molecule has 0 saturated heterocycles. The minimum absolute atomic E-state index is 0.0253. The summed E-state index contributed by atoms with van der Waals surface area (Å²) in [6, 6.07) is 16.2. The summed E-state index contributed by atoms with van der Waals surface area (Å²) in [5.74, 6) is -0.982. The van der Waals surface area contributed by atoms with E-state index in [4.69, 9.17) is 9.84 Å². The van der Waals surface area contributed by atoms with Crippen molar-refractivity contribution in [2.24, 2.45) is 0 Å². The average Bonchev–Trinajstić information content (AvgIpc) is 2.89. The van der Waals surface area contributed by atoms with Gasteiger partial charge in [0.2, 0.25) is 0 Å². The lowest BCUT2D eigenvalue weighted by atomic mass is 9.92. The van der Waals surface area contributed by atoms with Crippen LogP contribution in [-0.4, -0.2) is 29.8 Å². The molecule has 1 unspecified atom stereocenters. The van der Waals surface area contributed by atoms with E-state index in [-0.39, 0.29) is 25.0 Å². The highest BCUT2D eigenvalue weighted by Crippen LogP contribution is 2.46. The molecule has 1 aliphatic rings. The first-order chi connectivity index (χ1) is 11.6. The van der Waals surface area contributed by atoms with Crippen molar-refractivity contribution in [2.45, 2.75) is 25.4 Å². The molecule has 5 nitrogen and oxygen atoms in total. The fraction of sp³-hybridized carbons (Fsp3) is 0.263. The molecule has 24 heavy (non-hydrogen) atoms. The Balaban J connectivity index is 1.76. The zero-order chi connectivity index (χ0) is 17.1. The van der Waals surface area contributed by atoms with Crippen molar-refractivity contribution >= 4 is 12.1 Å². The van der Waals surface area contributed by atoms with E-state index in [9.17, 15) is 9.59 Å². The number of hydrogen-bond donors (Lipinski definition) is 2. The van der Waals surface area contributed by atoms with Gasteiger partial charge in [-0.25, -0.2) is 4.79 Å². The van der Waals surface area contributed by atoms with Crippen molar-refractivity contribution in [2.75, 3.05) is 6.54 Å². The molecular weight excluding hydrogens is 306 g/mol. The van der Waals surface area contributed by atoms with Crippen molar-refractivity contribution in [1.29, 1.82) is 0 Å². The Kier molecular flexibility index (Phi) is 4.51. The van der Waals surface area contributed by atoms with Crippen LogP contribution < -0.4 is 5.32 Å². The largest absolute Gasteiger partial charge is 0.481 e. The van der Waals surface area contributed by atoms with Crippen LogP contribution in [0, 0.1) is 0 Å². The van der Waals surface area contributed by atoms with Crippen molar-refractivity contribution in [3.63, 3.8) is 0 Å². The Bertz CT molecular complexity index is 726. The van der Waals surface area contributed by atoms with E-state index in [2.05, 4.69) is 29.6 Å². The first-order valence-electron chi connectivity index (χ1n) is 7.92. The Morgan fingerprint density at radius 2 is 1.62 bits per heavy atom. The minimum atomic E-state index is -0.956. The van der Waals surface area contributed by atoms with E-state index in [0.29, 0.717) is 0 Å². The van der Waals surface area contributed by atoms with E-state index in [1.165, 1.54) is 11.1 Å². The fourth-order valence-corrected chi connectivity index (χ4v) is 3.25. The van der Waals surface area contributed by atoms with Gasteiger partial charge < -0.3 is 15.2 Å². The van der Waals surface area contributed by atoms with Crippen LogP contribution >= 0.6 is 0 Å². The molecule has 0 heterocycles. The number of ether oxygens (including phenoxy) is 1. The van der Waals surface area contributed by atoms with Crippen LogP contribution in [-0.2, 0) is 9.53 Å². The second-order valence-electron chi connectivity index (χ2n) is 5.83. The van der Waals surface area contributed by atoms with E-state index < -0.39 is 12.1 Å². The van der Waals surface area contributed by atoms with Crippen molar-refractivity contribution < 1.29 is 19.4 Å². The average molecular weight is 325 g/mol. The molecule has 0 fully saturated rings. The quantitative estimate of drug-likeness (QED) is 0.883. The van der Waals surface area contributed by atoms with Gasteiger partial charge in [0.25, 0.3) is 0 Å². The van der Waals surface area contributed by atoms with Crippen LogP contribution in [0.2, 0.25) is 0 Å². The maximum absolute atomic E-state index is 11.9. The first-order valence-corrected chi connectivity index (χ1v) is 7.92. The number of aliphatic carboxylic acids is 1. The monoisotopic (exact) mass is 325 g/mol. The van der Waals surface area contributed by atoms with Gasteiger partial charge in [-0.1, -0.05) is 48.5 Å². The number of fused-ring (bicyclic) bond motifs is 3. The number of carbonyl (C=O) groups is 2. The number of rotatable bonds is 5. The van der Waals surface area contributed by atoms with Gasteiger partial charge in [0.15, 0.2) is 0 Å². The predicted octanol–water partition coefficient (Wildman–Crippen LogP) is 3.39. The van der Waals surface area contributed by atoms with Crippen LogP contribution in [0.3, 0.4) is 0 Å². The third-order valence-electron chi connectivity index (χ3n) is 4.25. The van der Waals surface area contributed by atoms with Gasteiger partial charge in [-0.05, 0) is 29.2 Å².